The number of hydrogen-bond acceptors (Lipinski definition) is 1. The van der Waals surface area contributed by atoms with E-state index in [1.807, 2.05) is 0 Å². The van der Waals surface area contributed by atoms with Gasteiger partial charge in [0, 0.05) is 42.5 Å². The second-order valence-corrected chi connectivity index (χ2v) is 8.67. The van der Waals surface area contributed by atoms with Gasteiger partial charge in [-0.3, -0.25) is 4.79 Å². The second kappa shape index (κ2) is 8.44. The summed E-state index contributed by atoms with van der Waals surface area (Å²) < 4.78 is 0. The number of aromatic amines is 1. The van der Waals surface area contributed by atoms with E-state index in [1.165, 1.54) is 33.2 Å². The topological polar surface area (TPSA) is 36.1 Å². The lowest BCUT2D eigenvalue weighted by molar-refractivity contribution is -0.132. The fourth-order valence-corrected chi connectivity index (χ4v) is 4.68. The maximum atomic E-state index is 13.2. The van der Waals surface area contributed by atoms with Gasteiger partial charge in [0.15, 0.2) is 0 Å². The van der Waals surface area contributed by atoms with E-state index in [1.54, 1.807) is 0 Å². The number of piperidine rings is 1. The molecule has 1 aromatic heterocycles. The Kier molecular flexibility index (Phi) is 5.75. The molecule has 0 unspecified atom stereocenters. The highest BCUT2D eigenvalue weighted by atomic mass is 16.2. The fourth-order valence-electron chi connectivity index (χ4n) is 4.68. The molecule has 0 spiro atoms. The maximum Gasteiger partial charge on any atom is 0.223 e. The zero-order valence-electron chi connectivity index (χ0n) is 17.9. The predicted molar refractivity (Wildman–Crippen MR) is 120 cm³/mol. The van der Waals surface area contributed by atoms with Gasteiger partial charge in [-0.1, -0.05) is 61.9 Å². The molecule has 3 aromatic rings. The van der Waals surface area contributed by atoms with Gasteiger partial charge in [-0.25, -0.2) is 0 Å². The molecule has 29 heavy (non-hydrogen) atoms. The highest BCUT2D eigenvalue weighted by Crippen LogP contribution is 2.35. The third-order valence-corrected chi connectivity index (χ3v) is 6.55. The van der Waals surface area contributed by atoms with Gasteiger partial charge in [0.2, 0.25) is 5.91 Å². The van der Waals surface area contributed by atoms with Gasteiger partial charge in [-0.05, 0) is 48.8 Å². The molecule has 3 nitrogen and oxygen atoms in total. The highest BCUT2D eigenvalue weighted by Gasteiger charge is 2.26. The molecule has 1 aliphatic rings. The number of aryl methyl sites for hydroxylation is 2. The van der Waals surface area contributed by atoms with Crippen molar-refractivity contribution in [3.05, 3.63) is 70.9 Å². The van der Waals surface area contributed by atoms with Crippen LogP contribution in [0.4, 0.5) is 0 Å². The van der Waals surface area contributed by atoms with Gasteiger partial charge >= 0.3 is 0 Å². The third kappa shape index (κ3) is 4.10. The number of likely N-dealkylation sites (tertiary alicyclic amines) is 1. The molecule has 0 saturated carbocycles. The van der Waals surface area contributed by atoms with Crippen molar-refractivity contribution < 1.29 is 4.79 Å². The third-order valence-electron chi connectivity index (χ3n) is 6.55. The van der Waals surface area contributed by atoms with Crippen molar-refractivity contribution in [3.8, 4) is 0 Å². The summed E-state index contributed by atoms with van der Waals surface area (Å²) in [5.41, 5.74) is 6.24. The van der Waals surface area contributed by atoms with Gasteiger partial charge in [0.05, 0.1) is 0 Å². The maximum absolute atomic E-state index is 13.2. The first-order valence-corrected chi connectivity index (χ1v) is 11.0. The van der Waals surface area contributed by atoms with Crippen LogP contribution in [0.1, 0.15) is 61.3 Å². The van der Waals surface area contributed by atoms with E-state index in [0.717, 1.165) is 38.3 Å². The first kappa shape index (κ1) is 19.8. The minimum atomic E-state index is 0.0719. The first-order valence-electron chi connectivity index (χ1n) is 11.0. The van der Waals surface area contributed by atoms with Crippen molar-refractivity contribution in [2.24, 2.45) is 5.92 Å². The Hall–Kier alpha value is -2.55. The van der Waals surface area contributed by atoms with Crippen LogP contribution >= 0.6 is 0 Å². The Morgan fingerprint density at radius 2 is 1.93 bits per heavy atom. The smallest absolute Gasteiger partial charge is 0.223 e. The Morgan fingerprint density at radius 3 is 2.66 bits per heavy atom. The first-order chi connectivity index (χ1) is 14.1. The number of para-hydroxylation sites is 1. The quantitative estimate of drug-likeness (QED) is 0.587. The van der Waals surface area contributed by atoms with E-state index in [0.29, 0.717) is 6.42 Å². The van der Waals surface area contributed by atoms with E-state index >= 15 is 0 Å². The van der Waals surface area contributed by atoms with Gasteiger partial charge in [-0.2, -0.15) is 0 Å². The minimum absolute atomic E-state index is 0.0719. The summed E-state index contributed by atoms with van der Waals surface area (Å²) in [7, 11) is 0. The Bertz CT molecular complexity index is 995. The number of fused-ring (bicyclic) bond motifs is 1. The standard InChI is InChI=1S/C26H32N2O/c1-4-20-8-6-10-22-24(17-27-26(20)22)23(21-9-5-7-19(3)15-21)16-25(29)28-13-11-18(2)12-14-28/h5-10,15,17-18,23,27H,4,11-14,16H2,1-3H3/t23-/m0/s1. The van der Waals surface area contributed by atoms with Crippen LogP contribution in [-0.2, 0) is 11.2 Å². The summed E-state index contributed by atoms with van der Waals surface area (Å²) >= 11 is 0. The number of carbonyl (C=O) groups excluding carboxylic acids is 1. The van der Waals surface area contributed by atoms with Crippen LogP contribution in [0.3, 0.4) is 0 Å². The zero-order valence-corrected chi connectivity index (χ0v) is 17.9. The molecule has 1 fully saturated rings. The van der Waals surface area contributed by atoms with Crippen LogP contribution in [0.5, 0.6) is 0 Å². The van der Waals surface area contributed by atoms with Crippen molar-refractivity contribution in [2.45, 2.75) is 52.4 Å². The molecule has 4 rings (SSSR count). The Balaban J connectivity index is 1.71. The van der Waals surface area contributed by atoms with Gasteiger partial charge in [-0.15, -0.1) is 0 Å². The molecule has 1 atom stereocenters. The zero-order chi connectivity index (χ0) is 20.4. The molecule has 3 heteroatoms. The summed E-state index contributed by atoms with van der Waals surface area (Å²) in [6, 6.07) is 15.2. The predicted octanol–water partition coefficient (Wildman–Crippen LogP) is 5.82. The number of amides is 1. The number of hydrogen-bond donors (Lipinski definition) is 1. The number of carbonyl (C=O) groups is 1. The van der Waals surface area contributed by atoms with Crippen molar-refractivity contribution in [3.63, 3.8) is 0 Å². The van der Waals surface area contributed by atoms with Crippen molar-refractivity contribution in [1.29, 1.82) is 0 Å². The summed E-state index contributed by atoms with van der Waals surface area (Å²) in [6.07, 6.45) is 5.89. The van der Waals surface area contributed by atoms with E-state index in [9.17, 15) is 4.79 Å². The molecular formula is C26H32N2O. The lowest BCUT2D eigenvalue weighted by Crippen LogP contribution is -2.38. The van der Waals surface area contributed by atoms with Gasteiger partial charge < -0.3 is 9.88 Å². The number of benzene rings is 2. The largest absolute Gasteiger partial charge is 0.361 e. The van der Waals surface area contributed by atoms with E-state index in [-0.39, 0.29) is 11.8 Å². The average Bonchev–Trinajstić information content (AvgIpc) is 3.16. The summed E-state index contributed by atoms with van der Waals surface area (Å²) in [5, 5.41) is 1.25. The summed E-state index contributed by atoms with van der Waals surface area (Å²) in [5.74, 6) is 1.08. The van der Waals surface area contributed by atoms with Crippen molar-refractivity contribution in [2.75, 3.05) is 13.1 Å². The average molecular weight is 389 g/mol. The SMILES string of the molecule is CCc1cccc2c([C@@H](CC(=O)N3CCC(C)CC3)c3cccc(C)c3)c[nH]c12. The minimum Gasteiger partial charge on any atom is -0.361 e. The van der Waals surface area contributed by atoms with Gasteiger partial charge in [0.25, 0.3) is 0 Å². The van der Waals surface area contributed by atoms with E-state index in [2.05, 4.69) is 79.3 Å². The van der Waals surface area contributed by atoms with Crippen LogP contribution in [0.25, 0.3) is 10.9 Å². The lowest BCUT2D eigenvalue weighted by Gasteiger charge is -2.31. The molecule has 0 aliphatic carbocycles. The molecule has 2 aromatic carbocycles. The van der Waals surface area contributed by atoms with Gasteiger partial charge in [0.1, 0.15) is 0 Å². The Labute approximate surface area is 174 Å². The molecule has 1 aliphatic heterocycles. The molecular weight excluding hydrogens is 356 g/mol. The normalized spacial score (nSPS) is 16.3. The number of aromatic nitrogens is 1. The molecule has 152 valence electrons. The molecule has 0 bridgehead atoms. The molecule has 0 radical (unpaired) electrons. The second-order valence-electron chi connectivity index (χ2n) is 8.67. The lowest BCUT2D eigenvalue weighted by atomic mass is 9.86. The van der Waals surface area contributed by atoms with Crippen molar-refractivity contribution >= 4 is 16.8 Å². The molecule has 1 amide bonds. The number of rotatable bonds is 5. The summed E-state index contributed by atoms with van der Waals surface area (Å²) in [6.45, 7) is 8.39. The number of H-pyrrole nitrogens is 1. The number of nitrogens with zero attached hydrogens (tertiary/aromatic N) is 1. The highest BCUT2D eigenvalue weighted by molar-refractivity contribution is 5.88. The van der Waals surface area contributed by atoms with Crippen LogP contribution in [-0.4, -0.2) is 28.9 Å². The van der Waals surface area contributed by atoms with Crippen LogP contribution in [0.15, 0.2) is 48.7 Å². The fraction of sp³-hybridized carbons (Fsp3) is 0.423. The van der Waals surface area contributed by atoms with E-state index in [4.69, 9.17) is 0 Å². The van der Waals surface area contributed by atoms with Crippen LogP contribution < -0.4 is 0 Å². The molecule has 1 N–H and O–H groups in total. The molecule has 1 saturated heterocycles. The summed E-state index contributed by atoms with van der Waals surface area (Å²) in [4.78, 5) is 18.8. The monoisotopic (exact) mass is 388 g/mol. The van der Waals surface area contributed by atoms with Crippen LogP contribution in [0, 0.1) is 12.8 Å². The van der Waals surface area contributed by atoms with Crippen LogP contribution in [0.2, 0.25) is 0 Å². The Morgan fingerprint density at radius 1 is 1.17 bits per heavy atom. The van der Waals surface area contributed by atoms with Crippen molar-refractivity contribution in [1.82, 2.24) is 9.88 Å². The number of nitrogens with one attached hydrogen (secondary N) is 1. The molecule has 2 heterocycles. The van der Waals surface area contributed by atoms with E-state index < -0.39 is 0 Å².